The third-order valence-electron chi connectivity index (χ3n) is 2.66. The summed E-state index contributed by atoms with van der Waals surface area (Å²) in [7, 11) is 0. The van der Waals surface area contributed by atoms with Crippen LogP contribution < -0.4 is 4.74 Å². The van der Waals surface area contributed by atoms with Crippen molar-refractivity contribution >= 4 is 11.6 Å². The first-order valence-corrected chi connectivity index (χ1v) is 5.95. The maximum absolute atomic E-state index is 8.76. The molecule has 0 aliphatic heterocycles. The second kappa shape index (κ2) is 5.57. The average Bonchev–Trinajstić information content (AvgIpc) is 2.39. The van der Waals surface area contributed by atoms with Crippen molar-refractivity contribution in [2.75, 3.05) is 0 Å². The molecule has 2 nitrogen and oxygen atoms in total. The van der Waals surface area contributed by atoms with Crippen LogP contribution in [0.4, 0.5) is 0 Å². The summed E-state index contributed by atoms with van der Waals surface area (Å²) in [5.74, 6) is 0.845. The van der Waals surface area contributed by atoms with Crippen molar-refractivity contribution < 1.29 is 4.74 Å². The third kappa shape index (κ3) is 2.82. The molecule has 3 heteroatoms. The first-order chi connectivity index (χ1) is 8.70. The Kier molecular flexibility index (Phi) is 3.86. The third-order valence-corrected chi connectivity index (χ3v) is 3.01. The molecule has 0 bridgehead atoms. The topological polar surface area (TPSA) is 33.0 Å². The Balaban J connectivity index is 2.12. The van der Waals surface area contributed by atoms with E-state index in [1.807, 2.05) is 37.3 Å². The van der Waals surface area contributed by atoms with E-state index in [2.05, 4.69) is 6.07 Å². The fourth-order valence-corrected chi connectivity index (χ4v) is 1.84. The lowest BCUT2D eigenvalue weighted by molar-refractivity contribution is 0.304. The normalized spacial score (nSPS) is 9.83. The maximum Gasteiger partial charge on any atom is 0.122 e. The van der Waals surface area contributed by atoms with Gasteiger partial charge in [-0.15, -0.1) is 0 Å². The van der Waals surface area contributed by atoms with Crippen LogP contribution in [0, 0.1) is 18.3 Å². The minimum absolute atomic E-state index is 0.398. The molecule has 0 heterocycles. The largest absolute Gasteiger partial charge is 0.489 e. The molecule has 18 heavy (non-hydrogen) atoms. The summed E-state index contributed by atoms with van der Waals surface area (Å²) in [4.78, 5) is 0. The lowest BCUT2D eigenvalue weighted by Gasteiger charge is -2.10. The molecule has 0 aliphatic rings. The fourth-order valence-electron chi connectivity index (χ4n) is 1.61. The molecule has 0 unspecified atom stereocenters. The predicted molar refractivity (Wildman–Crippen MR) is 71.7 cm³/mol. The van der Waals surface area contributed by atoms with Crippen molar-refractivity contribution in [2.45, 2.75) is 13.5 Å². The van der Waals surface area contributed by atoms with Gasteiger partial charge in [0.25, 0.3) is 0 Å². The quantitative estimate of drug-likeness (QED) is 0.829. The monoisotopic (exact) mass is 257 g/mol. The molecule has 2 aromatic carbocycles. The Morgan fingerprint density at radius 2 is 2.00 bits per heavy atom. The molecule has 0 N–H and O–H groups in total. The van der Waals surface area contributed by atoms with Crippen LogP contribution in [0.3, 0.4) is 0 Å². The summed E-state index contributed by atoms with van der Waals surface area (Å²) in [6, 6.07) is 15.1. The fraction of sp³-hybridized carbons (Fsp3) is 0.133. The molecule has 0 aromatic heterocycles. The summed E-state index contributed by atoms with van der Waals surface area (Å²) in [6.07, 6.45) is 0. The highest BCUT2D eigenvalue weighted by Gasteiger charge is 2.04. The number of hydrogen-bond donors (Lipinski definition) is 0. The van der Waals surface area contributed by atoms with E-state index in [1.54, 1.807) is 12.1 Å². The van der Waals surface area contributed by atoms with E-state index in [9.17, 15) is 0 Å². The summed E-state index contributed by atoms with van der Waals surface area (Å²) in [5, 5.41) is 9.32. The molecular formula is C15H12ClNO. The molecule has 0 fully saturated rings. The first kappa shape index (κ1) is 12.5. The maximum atomic E-state index is 8.76. The lowest BCUT2D eigenvalue weighted by atomic mass is 10.1. The zero-order valence-electron chi connectivity index (χ0n) is 9.98. The van der Waals surface area contributed by atoms with E-state index >= 15 is 0 Å². The minimum Gasteiger partial charge on any atom is -0.489 e. The van der Waals surface area contributed by atoms with Crippen molar-refractivity contribution in [3.8, 4) is 11.8 Å². The minimum atomic E-state index is 0.398. The number of rotatable bonds is 3. The van der Waals surface area contributed by atoms with Gasteiger partial charge in [-0.3, -0.25) is 0 Å². The van der Waals surface area contributed by atoms with Crippen LogP contribution in [0.5, 0.6) is 5.75 Å². The molecule has 0 radical (unpaired) electrons. The summed E-state index contributed by atoms with van der Waals surface area (Å²) < 4.78 is 5.71. The Hall–Kier alpha value is -1.98. The Morgan fingerprint density at radius 1 is 1.22 bits per heavy atom. The van der Waals surface area contributed by atoms with Crippen LogP contribution in [0.1, 0.15) is 16.7 Å². The van der Waals surface area contributed by atoms with E-state index in [-0.39, 0.29) is 0 Å². The molecule has 0 amide bonds. The Morgan fingerprint density at radius 3 is 2.67 bits per heavy atom. The van der Waals surface area contributed by atoms with Crippen LogP contribution in [0.15, 0.2) is 42.5 Å². The highest BCUT2D eigenvalue weighted by molar-refractivity contribution is 6.31. The van der Waals surface area contributed by atoms with Gasteiger partial charge in [-0.25, -0.2) is 0 Å². The second-order valence-electron chi connectivity index (χ2n) is 3.97. The first-order valence-electron chi connectivity index (χ1n) is 5.57. The molecule has 0 saturated carbocycles. The highest BCUT2D eigenvalue weighted by Crippen LogP contribution is 2.22. The van der Waals surface area contributed by atoms with Crippen molar-refractivity contribution in [1.29, 1.82) is 5.26 Å². The van der Waals surface area contributed by atoms with Gasteiger partial charge in [-0.05, 0) is 30.7 Å². The smallest absolute Gasteiger partial charge is 0.122 e. The molecule has 0 spiro atoms. The number of hydrogen-bond acceptors (Lipinski definition) is 2. The van der Waals surface area contributed by atoms with Crippen LogP contribution in [-0.2, 0) is 6.61 Å². The molecule has 0 saturated heterocycles. The van der Waals surface area contributed by atoms with E-state index in [1.165, 1.54) is 0 Å². The number of para-hydroxylation sites is 1. The number of halogens is 1. The SMILES string of the molecule is Cc1ccccc1OCc1ccc(C#N)cc1Cl. The van der Waals surface area contributed by atoms with Gasteiger partial charge in [-0.1, -0.05) is 35.9 Å². The molecule has 0 atom stereocenters. The molecular weight excluding hydrogens is 246 g/mol. The molecule has 2 rings (SSSR count). The van der Waals surface area contributed by atoms with Crippen molar-refractivity contribution in [3.63, 3.8) is 0 Å². The Bertz CT molecular complexity index is 602. The molecule has 0 aliphatic carbocycles. The zero-order valence-corrected chi connectivity index (χ0v) is 10.7. The van der Waals surface area contributed by atoms with Crippen LogP contribution in [0.25, 0.3) is 0 Å². The van der Waals surface area contributed by atoms with Crippen LogP contribution >= 0.6 is 11.6 Å². The van der Waals surface area contributed by atoms with Gasteiger partial charge in [-0.2, -0.15) is 5.26 Å². The summed E-state index contributed by atoms with van der Waals surface area (Å²) in [5.41, 5.74) is 2.51. The number of benzene rings is 2. The lowest BCUT2D eigenvalue weighted by Crippen LogP contribution is -1.98. The predicted octanol–water partition coefficient (Wildman–Crippen LogP) is 4.10. The van der Waals surface area contributed by atoms with Gasteiger partial charge in [0, 0.05) is 10.6 Å². The summed E-state index contributed by atoms with van der Waals surface area (Å²) in [6.45, 7) is 2.39. The zero-order chi connectivity index (χ0) is 13.0. The van der Waals surface area contributed by atoms with Gasteiger partial charge in [0.1, 0.15) is 12.4 Å². The van der Waals surface area contributed by atoms with Crippen LogP contribution in [-0.4, -0.2) is 0 Å². The van der Waals surface area contributed by atoms with Crippen molar-refractivity contribution in [2.24, 2.45) is 0 Å². The molecule has 2 aromatic rings. The molecule has 90 valence electrons. The summed E-state index contributed by atoms with van der Waals surface area (Å²) >= 11 is 6.08. The van der Waals surface area contributed by atoms with Gasteiger partial charge in [0.05, 0.1) is 11.6 Å². The van der Waals surface area contributed by atoms with Gasteiger partial charge in [0.15, 0.2) is 0 Å². The number of aryl methyl sites for hydroxylation is 1. The highest BCUT2D eigenvalue weighted by atomic mass is 35.5. The van der Waals surface area contributed by atoms with E-state index in [4.69, 9.17) is 21.6 Å². The van der Waals surface area contributed by atoms with E-state index in [0.717, 1.165) is 16.9 Å². The van der Waals surface area contributed by atoms with E-state index in [0.29, 0.717) is 17.2 Å². The van der Waals surface area contributed by atoms with E-state index < -0.39 is 0 Å². The van der Waals surface area contributed by atoms with Gasteiger partial charge >= 0.3 is 0 Å². The van der Waals surface area contributed by atoms with Crippen molar-refractivity contribution in [3.05, 3.63) is 64.2 Å². The number of nitriles is 1. The standard InChI is InChI=1S/C15H12ClNO/c1-11-4-2-3-5-15(11)18-10-13-7-6-12(9-17)8-14(13)16/h2-8H,10H2,1H3. The number of nitrogens with zero attached hydrogens (tertiary/aromatic N) is 1. The van der Waals surface area contributed by atoms with Gasteiger partial charge < -0.3 is 4.74 Å². The second-order valence-corrected chi connectivity index (χ2v) is 4.38. The van der Waals surface area contributed by atoms with Crippen LogP contribution in [0.2, 0.25) is 5.02 Å². The average molecular weight is 258 g/mol. The Labute approximate surface area is 111 Å². The van der Waals surface area contributed by atoms with Gasteiger partial charge in [0.2, 0.25) is 0 Å². The number of ether oxygens (including phenoxy) is 1. The van der Waals surface area contributed by atoms with Crippen molar-refractivity contribution in [1.82, 2.24) is 0 Å².